The molecule has 0 aromatic carbocycles. The van der Waals surface area contributed by atoms with Gasteiger partial charge in [-0.15, -0.1) is 0 Å². The van der Waals surface area contributed by atoms with E-state index in [9.17, 15) is 4.79 Å². The number of hydrogen-bond acceptors (Lipinski definition) is 7. The molecule has 0 aliphatic heterocycles. The van der Waals surface area contributed by atoms with Gasteiger partial charge >= 0.3 is 5.97 Å². The lowest BCUT2D eigenvalue weighted by Crippen LogP contribution is -2.13. The summed E-state index contributed by atoms with van der Waals surface area (Å²) < 4.78 is 4.94. The van der Waals surface area contributed by atoms with E-state index in [1.807, 2.05) is 0 Å². The molecule has 0 spiro atoms. The van der Waals surface area contributed by atoms with Crippen LogP contribution in [0.15, 0.2) is 24.8 Å². The van der Waals surface area contributed by atoms with Gasteiger partial charge in [0.2, 0.25) is 0 Å². The number of nitrogens with zero attached hydrogens (tertiary/aromatic N) is 3. The molecule has 2 aromatic rings. The molecule has 0 radical (unpaired) electrons. The zero-order valence-electron chi connectivity index (χ0n) is 12.8. The maximum absolute atomic E-state index is 11.9. The molecule has 0 aliphatic carbocycles. The van der Waals surface area contributed by atoms with Gasteiger partial charge in [-0.3, -0.25) is 0 Å². The summed E-state index contributed by atoms with van der Waals surface area (Å²) in [7, 11) is 0. The van der Waals surface area contributed by atoms with Gasteiger partial charge in [0.05, 0.1) is 35.0 Å². The molecule has 0 aliphatic rings. The second kappa shape index (κ2) is 7.64. The molecule has 120 valence electrons. The molecule has 0 saturated heterocycles. The van der Waals surface area contributed by atoms with Crippen LogP contribution in [-0.2, 0) is 11.3 Å². The summed E-state index contributed by atoms with van der Waals surface area (Å²) in [6.07, 6.45) is 4.43. The predicted molar refractivity (Wildman–Crippen MR) is 87.1 cm³/mol. The molecular formula is C15H16ClN5O2. The summed E-state index contributed by atoms with van der Waals surface area (Å²) in [5, 5.41) is 11.1. The summed E-state index contributed by atoms with van der Waals surface area (Å²) in [4.78, 5) is 24.0. The van der Waals surface area contributed by atoms with Gasteiger partial charge in [-0.1, -0.05) is 11.6 Å². The van der Waals surface area contributed by atoms with Crippen LogP contribution < -0.4 is 5.32 Å². The fourth-order valence-corrected chi connectivity index (χ4v) is 2.27. The van der Waals surface area contributed by atoms with E-state index in [4.69, 9.17) is 21.7 Å². The van der Waals surface area contributed by atoms with Crippen LogP contribution in [0.1, 0.15) is 35.5 Å². The molecule has 2 heterocycles. The highest BCUT2D eigenvalue weighted by atomic mass is 35.5. The third-order valence-electron chi connectivity index (χ3n) is 2.97. The van der Waals surface area contributed by atoms with Crippen LogP contribution in [0.4, 0.5) is 5.82 Å². The predicted octanol–water partition coefficient (Wildman–Crippen LogP) is 2.70. The smallest absolute Gasteiger partial charge is 0.341 e. The molecule has 7 nitrogen and oxygen atoms in total. The van der Waals surface area contributed by atoms with Gasteiger partial charge in [0.1, 0.15) is 12.1 Å². The second-order valence-electron chi connectivity index (χ2n) is 4.61. The van der Waals surface area contributed by atoms with Gasteiger partial charge in [0.15, 0.2) is 0 Å². The van der Waals surface area contributed by atoms with Crippen molar-refractivity contribution in [1.29, 1.82) is 5.41 Å². The Balaban J connectivity index is 2.31. The molecule has 0 unspecified atom stereocenters. The molecule has 2 aromatic heterocycles. The van der Waals surface area contributed by atoms with Crippen LogP contribution in [0.2, 0.25) is 5.02 Å². The van der Waals surface area contributed by atoms with Crippen molar-refractivity contribution in [3.63, 3.8) is 0 Å². The fourth-order valence-electron chi connectivity index (χ4n) is 1.91. The van der Waals surface area contributed by atoms with Crippen LogP contribution in [0.3, 0.4) is 0 Å². The minimum absolute atomic E-state index is 0.141. The van der Waals surface area contributed by atoms with Gasteiger partial charge in [-0.05, 0) is 19.9 Å². The fraction of sp³-hybridized carbons (Fsp3) is 0.267. The molecule has 8 heteroatoms. The molecule has 0 atom stereocenters. The Bertz CT molecular complexity index is 721. The molecular weight excluding hydrogens is 318 g/mol. The molecule has 0 saturated carbocycles. The zero-order chi connectivity index (χ0) is 16.8. The molecule has 2 rings (SSSR count). The third kappa shape index (κ3) is 4.01. The number of ether oxygens (including phenoxy) is 1. The molecule has 0 fully saturated rings. The van der Waals surface area contributed by atoms with Gasteiger partial charge in [0, 0.05) is 18.1 Å². The Hall–Kier alpha value is -2.54. The summed E-state index contributed by atoms with van der Waals surface area (Å²) in [6.45, 7) is 3.92. The van der Waals surface area contributed by atoms with Crippen molar-refractivity contribution < 1.29 is 9.53 Å². The summed E-state index contributed by atoms with van der Waals surface area (Å²) in [5.41, 5.74) is 1.47. The van der Waals surface area contributed by atoms with E-state index >= 15 is 0 Å². The summed E-state index contributed by atoms with van der Waals surface area (Å²) in [6, 6.07) is 1.76. The van der Waals surface area contributed by atoms with E-state index < -0.39 is 5.97 Å². The van der Waals surface area contributed by atoms with Gasteiger partial charge in [0.25, 0.3) is 0 Å². The third-order valence-corrected chi connectivity index (χ3v) is 3.36. The van der Waals surface area contributed by atoms with Crippen molar-refractivity contribution in [2.45, 2.75) is 20.4 Å². The number of aromatic nitrogens is 3. The summed E-state index contributed by atoms with van der Waals surface area (Å²) in [5.74, 6) is -0.149. The Morgan fingerprint density at radius 1 is 1.43 bits per heavy atom. The van der Waals surface area contributed by atoms with Crippen molar-refractivity contribution in [3.05, 3.63) is 46.6 Å². The lowest BCUT2D eigenvalue weighted by Gasteiger charge is -2.14. The highest BCUT2D eigenvalue weighted by Gasteiger charge is 2.20. The van der Waals surface area contributed by atoms with E-state index in [1.54, 1.807) is 26.1 Å². The Kier molecular flexibility index (Phi) is 5.59. The topological polar surface area (TPSA) is 101 Å². The van der Waals surface area contributed by atoms with E-state index in [0.717, 1.165) is 5.69 Å². The average Bonchev–Trinajstić information content (AvgIpc) is 2.53. The first-order valence-corrected chi connectivity index (χ1v) is 7.32. The largest absolute Gasteiger partial charge is 0.462 e. The van der Waals surface area contributed by atoms with Gasteiger partial charge in [-0.25, -0.2) is 19.7 Å². The van der Waals surface area contributed by atoms with Gasteiger partial charge < -0.3 is 15.5 Å². The van der Waals surface area contributed by atoms with E-state index in [0.29, 0.717) is 17.9 Å². The van der Waals surface area contributed by atoms with Crippen molar-refractivity contribution in [2.75, 3.05) is 11.9 Å². The number of halogens is 1. The highest BCUT2D eigenvalue weighted by Crippen LogP contribution is 2.27. The maximum atomic E-state index is 11.9. The number of hydrogen-bond donors (Lipinski definition) is 2. The average molecular weight is 334 g/mol. The molecule has 0 amide bonds. The minimum atomic E-state index is -0.560. The van der Waals surface area contributed by atoms with Crippen molar-refractivity contribution >= 4 is 29.1 Å². The quantitative estimate of drug-likeness (QED) is 0.622. The van der Waals surface area contributed by atoms with Crippen LogP contribution in [-0.4, -0.2) is 33.2 Å². The SMILES string of the molecule is CCOC(=O)c1cnc(NCc2ccncn2)c(C(C)=N)c1Cl. The van der Waals surface area contributed by atoms with Crippen LogP contribution in [0.5, 0.6) is 0 Å². The lowest BCUT2D eigenvalue weighted by molar-refractivity contribution is 0.0526. The summed E-state index contributed by atoms with van der Waals surface area (Å²) >= 11 is 6.27. The standard InChI is InChI=1S/C15H16ClN5O2/c1-3-23-15(22)11-7-20-14(12(9(2)17)13(11)16)19-6-10-4-5-18-8-21-10/h4-5,7-8,17H,3,6H2,1-2H3,(H,19,20). The number of carbonyl (C=O) groups is 1. The number of esters is 1. The number of nitrogens with one attached hydrogen (secondary N) is 2. The zero-order valence-corrected chi connectivity index (χ0v) is 13.5. The molecule has 2 N–H and O–H groups in total. The molecule has 23 heavy (non-hydrogen) atoms. The number of carbonyl (C=O) groups excluding carboxylic acids is 1. The Labute approximate surface area is 138 Å². The number of rotatable bonds is 6. The Morgan fingerprint density at radius 2 is 2.22 bits per heavy atom. The van der Waals surface area contributed by atoms with Crippen molar-refractivity contribution in [2.24, 2.45) is 0 Å². The van der Waals surface area contributed by atoms with Crippen LogP contribution in [0, 0.1) is 5.41 Å². The normalized spacial score (nSPS) is 10.2. The van der Waals surface area contributed by atoms with Gasteiger partial charge in [-0.2, -0.15) is 0 Å². The van der Waals surface area contributed by atoms with E-state index in [2.05, 4.69) is 20.3 Å². The first-order chi connectivity index (χ1) is 11.0. The first kappa shape index (κ1) is 16.8. The first-order valence-electron chi connectivity index (χ1n) is 6.94. The number of anilines is 1. The van der Waals surface area contributed by atoms with Crippen LogP contribution in [0.25, 0.3) is 0 Å². The monoisotopic (exact) mass is 333 g/mol. The Morgan fingerprint density at radius 3 is 2.83 bits per heavy atom. The highest BCUT2D eigenvalue weighted by molar-refractivity contribution is 6.37. The van der Waals surface area contributed by atoms with E-state index in [-0.39, 0.29) is 22.9 Å². The van der Waals surface area contributed by atoms with Crippen molar-refractivity contribution in [1.82, 2.24) is 15.0 Å². The minimum Gasteiger partial charge on any atom is -0.462 e. The number of pyridine rings is 1. The van der Waals surface area contributed by atoms with E-state index in [1.165, 1.54) is 12.5 Å². The lowest BCUT2D eigenvalue weighted by atomic mass is 10.1. The van der Waals surface area contributed by atoms with Crippen LogP contribution >= 0.6 is 11.6 Å². The molecule has 0 bridgehead atoms. The second-order valence-corrected chi connectivity index (χ2v) is 4.99. The van der Waals surface area contributed by atoms with Crippen molar-refractivity contribution in [3.8, 4) is 0 Å². The maximum Gasteiger partial charge on any atom is 0.341 e.